The maximum atomic E-state index is 4.67. The molecule has 0 spiro atoms. The van der Waals surface area contributed by atoms with Crippen molar-refractivity contribution in [2.45, 2.75) is 0 Å². The molecule has 9 heavy (non-hydrogen) atoms. The molecular weight excluding hydrogens is 120 g/mol. The highest BCUT2D eigenvalue weighted by Gasteiger charge is 1.97. The van der Waals surface area contributed by atoms with Crippen LogP contribution in [0, 0.1) is 6.39 Å². The van der Waals surface area contributed by atoms with Gasteiger partial charge in [0.15, 0.2) is 0 Å². The van der Waals surface area contributed by atoms with Gasteiger partial charge in [-0.3, -0.25) is 0 Å². The molecule has 0 amide bonds. The summed E-state index contributed by atoms with van der Waals surface area (Å²) in [5.41, 5.74) is 0.752. The zero-order valence-corrected chi connectivity index (χ0v) is 4.27. The fourth-order valence-corrected chi connectivity index (χ4v) is 0.511. The van der Waals surface area contributed by atoms with E-state index in [9.17, 15) is 0 Å². The molecule has 5 heteroatoms. The van der Waals surface area contributed by atoms with E-state index in [4.69, 9.17) is 0 Å². The Morgan fingerprint density at radius 3 is 3.44 bits per heavy atom. The van der Waals surface area contributed by atoms with E-state index in [0.717, 1.165) is 0 Å². The van der Waals surface area contributed by atoms with Gasteiger partial charge in [0.25, 0.3) is 12.1 Å². The molecule has 0 unspecified atom stereocenters. The predicted molar refractivity (Wildman–Crippen MR) is 26.2 cm³/mol. The minimum Gasteiger partial charge on any atom is -0.411 e. The standard InChI is InChI=1S/C4HN4O/c1-5-4-3(8-7-1)6-2-9-4/h1H. The highest BCUT2D eigenvalue weighted by atomic mass is 16.3. The van der Waals surface area contributed by atoms with E-state index >= 15 is 0 Å². The number of hydrogen-bond acceptors (Lipinski definition) is 5. The number of rotatable bonds is 0. The Labute approximate surface area is 49.8 Å². The van der Waals surface area contributed by atoms with Crippen molar-refractivity contribution in [2.75, 3.05) is 0 Å². The van der Waals surface area contributed by atoms with E-state index in [-0.39, 0.29) is 0 Å². The summed E-state index contributed by atoms with van der Waals surface area (Å²) in [5, 5.41) is 7.07. The van der Waals surface area contributed by atoms with Crippen molar-refractivity contribution < 1.29 is 4.42 Å². The zero-order valence-electron chi connectivity index (χ0n) is 4.27. The van der Waals surface area contributed by atoms with Crippen molar-refractivity contribution in [3.8, 4) is 0 Å². The minimum absolute atomic E-state index is 0.366. The van der Waals surface area contributed by atoms with Crippen molar-refractivity contribution in [1.82, 2.24) is 20.2 Å². The second-order valence-electron chi connectivity index (χ2n) is 1.39. The van der Waals surface area contributed by atoms with Crippen LogP contribution in [0.2, 0.25) is 0 Å². The van der Waals surface area contributed by atoms with Crippen molar-refractivity contribution in [3.05, 3.63) is 12.7 Å². The molecular formula is C4HN4O. The first-order valence-electron chi connectivity index (χ1n) is 2.27. The molecule has 2 aromatic rings. The predicted octanol–water partition coefficient (Wildman–Crippen LogP) is -0.187. The Morgan fingerprint density at radius 2 is 2.56 bits per heavy atom. The summed E-state index contributed by atoms with van der Waals surface area (Å²) in [5.74, 6) is 0. The van der Waals surface area contributed by atoms with Gasteiger partial charge in [0.05, 0.1) is 0 Å². The molecule has 1 radical (unpaired) electrons. The maximum Gasteiger partial charge on any atom is 0.287 e. The van der Waals surface area contributed by atoms with Crippen LogP contribution in [-0.2, 0) is 0 Å². The van der Waals surface area contributed by atoms with Crippen LogP contribution in [0.15, 0.2) is 10.7 Å². The maximum absolute atomic E-state index is 4.67. The van der Waals surface area contributed by atoms with E-state index in [1.807, 2.05) is 0 Å². The van der Waals surface area contributed by atoms with E-state index < -0.39 is 0 Å². The van der Waals surface area contributed by atoms with Crippen molar-refractivity contribution >= 4 is 11.4 Å². The molecule has 0 saturated carbocycles. The normalized spacial score (nSPS) is 10.2. The summed E-state index contributed by atoms with van der Waals surface area (Å²) in [6.07, 6.45) is 3.54. The van der Waals surface area contributed by atoms with Crippen molar-refractivity contribution in [2.24, 2.45) is 0 Å². The lowest BCUT2D eigenvalue weighted by molar-refractivity contribution is 0.579. The molecule has 0 fully saturated rings. The number of aromatic nitrogens is 4. The van der Waals surface area contributed by atoms with Gasteiger partial charge in [0.1, 0.15) is 6.33 Å². The molecule has 0 aliphatic carbocycles. The summed E-state index contributed by atoms with van der Waals surface area (Å²) in [6.45, 7) is 0. The highest BCUT2D eigenvalue weighted by Crippen LogP contribution is 1.99. The van der Waals surface area contributed by atoms with E-state index in [0.29, 0.717) is 11.4 Å². The number of fused-ring (bicyclic) bond motifs is 1. The number of hydrogen-bond donors (Lipinski definition) is 0. The SMILES string of the molecule is [c]1nc2nncnc2o1. The summed E-state index contributed by atoms with van der Waals surface area (Å²) in [4.78, 5) is 7.30. The lowest BCUT2D eigenvalue weighted by atomic mass is 10.8. The summed E-state index contributed by atoms with van der Waals surface area (Å²) >= 11 is 0. The van der Waals surface area contributed by atoms with E-state index in [2.05, 4.69) is 31.0 Å². The molecule has 2 rings (SSSR count). The van der Waals surface area contributed by atoms with Crippen LogP contribution in [-0.4, -0.2) is 20.2 Å². The van der Waals surface area contributed by atoms with Gasteiger partial charge >= 0.3 is 0 Å². The molecule has 2 heterocycles. The van der Waals surface area contributed by atoms with E-state index in [1.54, 1.807) is 0 Å². The van der Waals surface area contributed by atoms with Crippen molar-refractivity contribution in [3.63, 3.8) is 0 Å². The summed E-state index contributed by atoms with van der Waals surface area (Å²) in [6, 6.07) is 0. The number of nitrogens with zero attached hydrogens (tertiary/aromatic N) is 4. The average Bonchev–Trinajstić information content (AvgIpc) is 2.33. The van der Waals surface area contributed by atoms with Crippen LogP contribution in [0.4, 0.5) is 0 Å². The largest absolute Gasteiger partial charge is 0.411 e. The van der Waals surface area contributed by atoms with E-state index in [1.165, 1.54) is 6.33 Å². The second-order valence-corrected chi connectivity index (χ2v) is 1.39. The highest BCUT2D eigenvalue weighted by molar-refractivity contribution is 5.59. The lowest BCUT2D eigenvalue weighted by Gasteiger charge is -1.76. The first-order valence-corrected chi connectivity index (χ1v) is 2.27. The molecule has 0 bridgehead atoms. The van der Waals surface area contributed by atoms with Crippen LogP contribution < -0.4 is 0 Å². The molecule has 0 aromatic carbocycles. The first-order chi connectivity index (χ1) is 4.47. The third-order valence-electron chi connectivity index (χ3n) is 0.864. The van der Waals surface area contributed by atoms with Crippen LogP contribution in [0.5, 0.6) is 0 Å². The monoisotopic (exact) mass is 121 g/mol. The van der Waals surface area contributed by atoms with Crippen LogP contribution in [0.25, 0.3) is 11.4 Å². The quantitative estimate of drug-likeness (QED) is 0.483. The fourth-order valence-electron chi connectivity index (χ4n) is 0.511. The molecule has 0 aliphatic rings. The lowest BCUT2D eigenvalue weighted by Crippen LogP contribution is -1.82. The van der Waals surface area contributed by atoms with Gasteiger partial charge in [-0.2, -0.15) is 9.97 Å². The molecule has 0 aliphatic heterocycles. The van der Waals surface area contributed by atoms with Crippen LogP contribution >= 0.6 is 0 Å². The molecule has 5 nitrogen and oxygen atoms in total. The Hall–Kier alpha value is -1.52. The van der Waals surface area contributed by atoms with Crippen molar-refractivity contribution in [1.29, 1.82) is 0 Å². The Morgan fingerprint density at radius 1 is 1.56 bits per heavy atom. The fraction of sp³-hybridized carbons (Fsp3) is 0. The third kappa shape index (κ3) is 0.543. The van der Waals surface area contributed by atoms with Gasteiger partial charge in [0, 0.05) is 0 Å². The second kappa shape index (κ2) is 1.48. The van der Waals surface area contributed by atoms with Gasteiger partial charge < -0.3 is 4.42 Å². The zero-order chi connectivity index (χ0) is 6.10. The smallest absolute Gasteiger partial charge is 0.287 e. The van der Waals surface area contributed by atoms with Gasteiger partial charge in [-0.1, -0.05) is 0 Å². The minimum atomic E-state index is 0.366. The van der Waals surface area contributed by atoms with Gasteiger partial charge in [-0.15, -0.1) is 10.2 Å². The van der Waals surface area contributed by atoms with Crippen LogP contribution in [0.1, 0.15) is 0 Å². The first kappa shape index (κ1) is 4.37. The Bertz CT molecular complexity index is 287. The number of oxazole rings is 1. The molecule has 0 saturated heterocycles. The molecule has 0 atom stereocenters. The average molecular weight is 121 g/mol. The third-order valence-corrected chi connectivity index (χ3v) is 0.864. The molecule has 43 valence electrons. The Balaban J connectivity index is 2.95. The van der Waals surface area contributed by atoms with Gasteiger partial charge in [0.2, 0.25) is 5.65 Å². The summed E-state index contributed by atoms with van der Waals surface area (Å²) < 4.78 is 4.67. The summed E-state index contributed by atoms with van der Waals surface area (Å²) in [7, 11) is 0. The van der Waals surface area contributed by atoms with Gasteiger partial charge in [-0.25, -0.2) is 0 Å². The Kier molecular flexibility index (Phi) is 0.717. The molecule has 2 aromatic heterocycles. The molecule has 0 N–H and O–H groups in total. The van der Waals surface area contributed by atoms with Gasteiger partial charge in [-0.05, 0) is 0 Å². The topological polar surface area (TPSA) is 64.7 Å². The van der Waals surface area contributed by atoms with Crippen LogP contribution in [0.3, 0.4) is 0 Å².